The lowest BCUT2D eigenvalue weighted by atomic mass is 9.82. The van der Waals surface area contributed by atoms with Crippen molar-refractivity contribution in [3.63, 3.8) is 0 Å². The van der Waals surface area contributed by atoms with Crippen LogP contribution >= 0.6 is 11.8 Å². The van der Waals surface area contributed by atoms with Crippen molar-refractivity contribution >= 4 is 34.4 Å². The fourth-order valence-electron chi connectivity index (χ4n) is 3.36. The van der Waals surface area contributed by atoms with Gasteiger partial charge >= 0.3 is 0 Å². The number of amidine groups is 1. The normalized spacial score (nSPS) is 15.2. The van der Waals surface area contributed by atoms with Crippen LogP contribution in [0.1, 0.15) is 46.6 Å². The van der Waals surface area contributed by atoms with Gasteiger partial charge in [0, 0.05) is 5.54 Å². The molecule has 0 unspecified atom stereocenters. The fraction of sp³-hybridized carbons (Fsp3) is 0.550. The fourth-order valence-corrected chi connectivity index (χ4v) is 4.18. The molecule has 1 aromatic carbocycles. The molecule has 1 aromatic rings. The van der Waals surface area contributed by atoms with E-state index in [4.69, 9.17) is 0 Å². The van der Waals surface area contributed by atoms with Gasteiger partial charge in [-0.1, -0.05) is 50.2 Å². The average Bonchev–Trinajstić information content (AvgIpc) is 2.84. The van der Waals surface area contributed by atoms with E-state index in [1.165, 1.54) is 11.8 Å². The third-order valence-electron chi connectivity index (χ3n) is 3.86. The zero-order valence-corrected chi connectivity index (χ0v) is 17.4. The van der Waals surface area contributed by atoms with Crippen LogP contribution in [-0.4, -0.2) is 34.8 Å². The molecule has 0 atom stereocenters. The number of amides is 2. The van der Waals surface area contributed by atoms with Gasteiger partial charge in [0.2, 0.25) is 5.91 Å². The number of hydrogen-bond acceptors (Lipinski definition) is 4. The van der Waals surface area contributed by atoms with Gasteiger partial charge in [-0.15, -0.1) is 0 Å². The van der Waals surface area contributed by atoms with Gasteiger partial charge in [0.15, 0.2) is 5.17 Å². The standard InChI is InChI=1S/C20H29N3O2S/c1-14-7-9-15(10-8-14)23-17(25)11-21-18(23)26-12-16(24)22-20(5,6)13-19(2,3)4/h7-10H,11-13H2,1-6H3,(H,22,24). The number of aliphatic imine (C=N–C) groups is 1. The molecule has 0 saturated carbocycles. The Bertz CT molecular complexity index is 703. The quantitative estimate of drug-likeness (QED) is 0.852. The van der Waals surface area contributed by atoms with Crippen LogP contribution in [0, 0.1) is 12.3 Å². The molecule has 0 bridgehead atoms. The molecule has 2 amide bonds. The second-order valence-electron chi connectivity index (χ2n) is 8.62. The van der Waals surface area contributed by atoms with Gasteiger partial charge < -0.3 is 5.32 Å². The first kappa shape index (κ1) is 20.5. The molecule has 0 spiro atoms. The minimum Gasteiger partial charge on any atom is -0.350 e. The van der Waals surface area contributed by atoms with Crippen molar-refractivity contribution in [3.8, 4) is 0 Å². The Morgan fingerprint density at radius 3 is 2.38 bits per heavy atom. The Morgan fingerprint density at radius 1 is 1.19 bits per heavy atom. The predicted octanol–water partition coefficient (Wildman–Crippen LogP) is 3.76. The van der Waals surface area contributed by atoms with E-state index in [0.29, 0.717) is 5.17 Å². The van der Waals surface area contributed by atoms with Gasteiger partial charge in [0.25, 0.3) is 5.91 Å². The van der Waals surface area contributed by atoms with E-state index < -0.39 is 0 Å². The van der Waals surface area contributed by atoms with E-state index in [9.17, 15) is 9.59 Å². The molecule has 0 saturated heterocycles. The van der Waals surface area contributed by atoms with Crippen LogP contribution < -0.4 is 10.2 Å². The van der Waals surface area contributed by atoms with Crippen molar-refractivity contribution in [2.75, 3.05) is 17.2 Å². The average molecular weight is 376 g/mol. The van der Waals surface area contributed by atoms with Crippen molar-refractivity contribution in [1.82, 2.24) is 5.32 Å². The Labute approximate surface area is 160 Å². The summed E-state index contributed by atoms with van der Waals surface area (Å²) in [5.74, 6) is 0.127. The summed E-state index contributed by atoms with van der Waals surface area (Å²) in [7, 11) is 0. The van der Waals surface area contributed by atoms with Crippen molar-refractivity contribution < 1.29 is 9.59 Å². The minimum atomic E-state index is -0.278. The Balaban J connectivity index is 1.96. The molecule has 142 valence electrons. The third kappa shape index (κ3) is 5.87. The maximum atomic E-state index is 12.4. The van der Waals surface area contributed by atoms with Crippen molar-refractivity contribution in [2.45, 2.75) is 53.5 Å². The first-order chi connectivity index (χ1) is 12.0. The van der Waals surface area contributed by atoms with E-state index in [1.54, 1.807) is 4.90 Å². The topological polar surface area (TPSA) is 61.8 Å². The number of hydrogen-bond donors (Lipinski definition) is 1. The van der Waals surface area contributed by atoms with Gasteiger partial charge in [-0.05, 0) is 44.7 Å². The molecule has 26 heavy (non-hydrogen) atoms. The summed E-state index contributed by atoms with van der Waals surface area (Å²) in [6, 6.07) is 7.73. The predicted molar refractivity (Wildman–Crippen MR) is 110 cm³/mol. The molecular formula is C20H29N3O2S. The van der Waals surface area contributed by atoms with Crippen LogP contribution in [0.15, 0.2) is 29.3 Å². The molecule has 0 aliphatic carbocycles. The molecular weight excluding hydrogens is 346 g/mol. The van der Waals surface area contributed by atoms with E-state index in [2.05, 4.69) is 31.1 Å². The molecule has 1 N–H and O–H groups in total. The summed E-state index contributed by atoms with van der Waals surface area (Å²) in [5, 5.41) is 3.68. The largest absolute Gasteiger partial charge is 0.350 e. The monoisotopic (exact) mass is 375 g/mol. The SMILES string of the molecule is Cc1ccc(N2C(=O)CN=C2SCC(=O)NC(C)(C)CC(C)(C)C)cc1. The number of carbonyl (C=O) groups is 2. The molecule has 5 nitrogen and oxygen atoms in total. The van der Waals surface area contributed by atoms with Crippen LogP contribution in [0.5, 0.6) is 0 Å². The molecule has 0 aromatic heterocycles. The number of rotatable bonds is 5. The number of aryl methyl sites for hydroxylation is 1. The second kappa shape index (κ2) is 7.82. The number of nitrogens with one attached hydrogen (secondary N) is 1. The summed E-state index contributed by atoms with van der Waals surface area (Å²) in [4.78, 5) is 30.5. The Kier molecular flexibility index (Phi) is 6.17. The molecule has 0 fully saturated rings. The van der Waals surface area contributed by atoms with E-state index in [-0.39, 0.29) is 35.1 Å². The van der Waals surface area contributed by atoms with Crippen LogP contribution in [0.3, 0.4) is 0 Å². The lowest BCUT2D eigenvalue weighted by molar-refractivity contribution is -0.120. The summed E-state index contributed by atoms with van der Waals surface area (Å²) in [5.41, 5.74) is 1.78. The molecule has 1 aliphatic heterocycles. The number of carbonyl (C=O) groups excluding carboxylic acids is 2. The van der Waals surface area contributed by atoms with Crippen LogP contribution in [0.2, 0.25) is 0 Å². The zero-order chi connectivity index (χ0) is 19.5. The zero-order valence-electron chi connectivity index (χ0n) is 16.5. The minimum absolute atomic E-state index is 0.0462. The molecule has 2 rings (SSSR count). The van der Waals surface area contributed by atoms with Crippen LogP contribution in [0.25, 0.3) is 0 Å². The van der Waals surface area contributed by atoms with Crippen molar-refractivity contribution in [3.05, 3.63) is 29.8 Å². The molecule has 1 heterocycles. The number of nitrogens with zero attached hydrogens (tertiary/aromatic N) is 2. The van der Waals surface area contributed by atoms with Gasteiger partial charge in [-0.2, -0.15) is 0 Å². The highest BCUT2D eigenvalue weighted by atomic mass is 32.2. The summed E-state index contributed by atoms with van der Waals surface area (Å²) < 4.78 is 0. The first-order valence-electron chi connectivity index (χ1n) is 8.85. The van der Waals surface area contributed by atoms with Crippen molar-refractivity contribution in [1.29, 1.82) is 0 Å². The third-order valence-corrected chi connectivity index (χ3v) is 4.84. The lowest BCUT2D eigenvalue weighted by Crippen LogP contribution is -2.46. The van der Waals surface area contributed by atoms with Gasteiger partial charge in [0.1, 0.15) is 6.54 Å². The highest BCUT2D eigenvalue weighted by molar-refractivity contribution is 8.14. The van der Waals surface area contributed by atoms with E-state index in [1.807, 2.05) is 45.0 Å². The smallest absolute Gasteiger partial charge is 0.254 e. The van der Waals surface area contributed by atoms with Gasteiger partial charge in [0.05, 0.1) is 11.4 Å². The van der Waals surface area contributed by atoms with Gasteiger partial charge in [-0.3, -0.25) is 19.5 Å². The van der Waals surface area contributed by atoms with E-state index >= 15 is 0 Å². The first-order valence-corrected chi connectivity index (χ1v) is 9.83. The Hall–Kier alpha value is -1.82. The number of anilines is 1. The second-order valence-corrected chi connectivity index (χ2v) is 9.56. The van der Waals surface area contributed by atoms with Crippen LogP contribution in [0.4, 0.5) is 5.69 Å². The number of thioether (sulfide) groups is 1. The number of benzene rings is 1. The maximum Gasteiger partial charge on any atom is 0.254 e. The van der Waals surface area contributed by atoms with Gasteiger partial charge in [-0.25, -0.2) is 0 Å². The highest BCUT2D eigenvalue weighted by Crippen LogP contribution is 2.27. The molecule has 0 radical (unpaired) electrons. The maximum absolute atomic E-state index is 12.4. The van der Waals surface area contributed by atoms with E-state index in [0.717, 1.165) is 17.7 Å². The highest BCUT2D eigenvalue weighted by Gasteiger charge is 2.30. The van der Waals surface area contributed by atoms with Crippen LogP contribution in [-0.2, 0) is 9.59 Å². The summed E-state index contributed by atoms with van der Waals surface area (Å²) >= 11 is 1.30. The molecule has 6 heteroatoms. The molecule has 1 aliphatic rings. The lowest BCUT2D eigenvalue weighted by Gasteiger charge is -2.33. The van der Waals surface area contributed by atoms with Crippen molar-refractivity contribution in [2.24, 2.45) is 10.4 Å². The summed E-state index contributed by atoms with van der Waals surface area (Å²) in [6.07, 6.45) is 0.880. The Morgan fingerprint density at radius 2 is 1.81 bits per heavy atom. The summed E-state index contributed by atoms with van der Waals surface area (Å²) in [6.45, 7) is 12.7.